The molecular weight excluding hydrogens is 276 g/mol. The standard InChI is InChI=1S/C17H36N4O/c1-16(2)8-14-22-15-10-20-17(18-3)19-9-13-21-11-6-4-5-7-12-21/h16H,4-15H2,1-3H3,(H2,18,19,20). The van der Waals surface area contributed by atoms with Crippen LogP contribution >= 0.6 is 0 Å². The molecule has 0 atom stereocenters. The van der Waals surface area contributed by atoms with Gasteiger partial charge in [0, 0.05) is 33.3 Å². The van der Waals surface area contributed by atoms with Crippen molar-refractivity contribution in [2.24, 2.45) is 10.9 Å². The van der Waals surface area contributed by atoms with Crippen LogP contribution in [0.1, 0.15) is 46.0 Å². The van der Waals surface area contributed by atoms with Crippen LogP contribution in [-0.4, -0.2) is 63.8 Å². The highest BCUT2D eigenvalue weighted by molar-refractivity contribution is 5.79. The zero-order valence-corrected chi connectivity index (χ0v) is 14.9. The summed E-state index contributed by atoms with van der Waals surface area (Å²) in [7, 11) is 1.82. The van der Waals surface area contributed by atoms with Gasteiger partial charge in [0.25, 0.3) is 0 Å². The van der Waals surface area contributed by atoms with E-state index in [0.29, 0.717) is 5.92 Å². The molecule has 1 fully saturated rings. The minimum atomic E-state index is 0.710. The summed E-state index contributed by atoms with van der Waals surface area (Å²) in [5.41, 5.74) is 0. The zero-order chi connectivity index (χ0) is 16.0. The third kappa shape index (κ3) is 10.0. The first-order chi connectivity index (χ1) is 10.7. The van der Waals surface area contributed by atoms with E-state index in [4.69, 9.17) is 4.74 Å². The number of hydrogen-bond donors (Lipinski definition) is 2. The van der Waals surface area contributed by atoms with E-state index in [1.54, 1.807) is 0 Å². The third-order valence-corrected chi connectivity index (χ3v) is 4.02. The molecule has 0 aliphatic carbocycles. The van der Waals surface area contributed by atoms with Crippen molar-refractivity contribution >= 4 is 5.96 Å². The number of nitrogens with zero attached hydrogens (tertiary/aromatic N) is 2. The molecule has 0 unspecified atom stereocenters. The number of ether oxygens (including phenoxy) is 1. The number of hydrogen-bond acceptors (Lipinski definition) is 3. The third-order valence-electron chi connectivity index (χ3n) is 4.02. The van der Waals surface area contributed by atoms with Gasteiger partial charge in [0.15, 0.2) is 5.96 Å². The van der Waals surface area contributed by atoms with Crippen molar-refractivity contribution < 1.29 is 4.74 Å². The first-order valence-electron chi connectivity index (χ1n) is 8.97. The van der Waals surface area contributed by atoms with E-state index < -0.39 is 0 Å². The Morgan fingerprint density at radius 2 is 1.73 bits per heavy atom. The molecule has 1 rings (SSSR count). The maximum absolute atomic E-state index is 5.60. The molecule has 0 radical (unpaired) electrons. The molecule has 1 aliphatic heterocycles. The van der Waals surface area contributed by atoms with Crippen LogP contribution in [0.5, 0.6) is 0 Å². The summed E-state index contributed by atoms with van der Waals surface area (Å²) in [4.78, 5) is 6.81. The van der Waals surface area contributed by atoms with Crippen LogP contribution < -0.4 is 10.6 Å². The Kier molecular flexibility index (Phi) is 11.1. The predicted octanol–water partition coefficient (Wildman–Crippen LogP) is 2.09. The van der Waals surface area contributed by atoms with Crippen LogP contribution in [0.15, 0.2) is 4.99 Å². The maximum atomic E-state index is 5.60. The van der Waals surface area contributed by atoms with Crippen molar-refractivity contribution in [3.8, 4) is 0 Å². The largest absolute Gasteiger partial charge is 0.380 e. The van der Waals surface area contributed by atoms with E-state index in [2.05, 4.69) is 34.4 Å². The molecular formula is C17H36N4O. The molecule has 1 aliphatic rings. The van der Waals surface area contributed by atoms with Crippen molar-refractivity contribution in [1.82, 2.24) is 15.5 Å². The summed E-state index contributed by atoms with van der Waals surface area (Å²) in [6.45, 7) is 11.4. The molecule has 130 valence electrons. The van der Waals surface area contributed by atoms with Crippen LogP contribution in [0.3, 0.4) is 0 Å². The molecule has 0 amide bonds. The van der Waals surface area contributed by atoms with Gasteiger partial charge in [-0.2, -0.15) is 0 Å². The van der Waals surface area contributed by atoms with E-state index >= 15 is 0 Å². The van der Waals surface area contributed by atoms with E-state index in [9.17, 15) is 0 Å². The molecule has 0 bridgehead atoms. The van der Waals surface area contributed by atoms with Crippen LogP contribution in [0.2, 0.25) is 0 Å². The lowest BCUT2D eigenvalue weighted by Crippen LogP contribution is -2.42. The molecule has 1 saturated heterocycles. The van der Waals surface area contributed by atoms with Gasteiger partial charge in [-0.3, -0.25) is 4.99 Å². The normalized spacial score (nSPS) is 17.5. The Morgan fingerprint density at radius 3 is 2.36 bits per heavy atom. The number of aliphatic imine (C=N–C) groups is 1. The minimum Gasteiger partial charge on any atom is -0.380 e. The second-order valence-corrected chi connectivity index (χ2v) is 6.48. The molecule has 2 N–H and O–H groups in total. The predicted molar refractivity (Wildman–Crippen MR) is 94.5 cm³/mol. The van der Waals surface area contributed by atoms with Crippen LogP contribution in [0, 0.1) is 5.92 Å². The zero-order valence-electron chi connectivity index (χ0n) is 14.9. The molecule has 5 nitrogen and oxygen atoms in total. The summed E-state index contributed by atoms with van der Waals surface area (Å²) in [6.07, 6.45) is 6.61. The highest BCUT2D eigenvalue weighted by Gasteiger charge is 2.08. The Morgan fingerprint density at radius 1 is 1.05 bits per heavy atom. The van der Waals surface area contributed by atoms with Crippen molar-refractivity contribution in [2.45, 2.75) is 46.0 Å². The van der Waals surface area contributed by atoms with Crippen molar-refractivity contribution in [1.29, 1.82) is 0 Å². The number of nitrogens with one attached hydrogen (secondary N) is 2. The molecule has 22 heavy (non-hydrogen) atoms. The molecule has 0 aromatic rings. The molecule has 5 heteroatoms. The Labute approximate surface area is 136 Å². The Balaban J connectivity index is 2.02. The highest BCUT2D eigenvalue weighted by Crippen LogP contribution is 2.08. The Hall–Kier alpha value is -0.810. The molecule has 1 heterocycles. The van der Waals surface area contributed by atoms with Crippen molar-refractivity contribution in [3.05, 3.63) is 0 Å². The van der Waals surface area contributed by atoms with Crippen LogP contribution in [0.4, 0.5) is 0 Å². The van der Waals surface area contributed by atoms with Gasteiger partial charge in [0.05, 0.1) is 6.61 Å². The summed E-state index contributed by atoms with van der Waals surface area (Å²) >= 11 is 0. The fraction of sp³-hybridized carbons (Fsp3) is 0.941. The lowest BCUT2D eigenvalue weighted by molar-refractivity contribution is 0.128. The van der Waals surface area contributed by atoms with E-state index in [-0.39, 0.29) is 0 Å². The topological polar surface area (TPSA) is 48.9 Å². The average Bonchev–Trinajstić information content (AvgIpc) is 2.77. The second kappa shape index (κ2) is 12.7. The van der Waals surface area contributed by atoms with Gasteiger partial charge in [-0.25, -0.2) is 0 Å². The fourth-order valence-corrected chi connectivity index (χ4v) is 2.58. The SMILES string of the molecule is CN=C(NCCOCCC(C)C)NCCN1CCCCCC1. The van der Waals surface area contributed by atoms with Gasteiger partial charge in [0.2, 0.25) is 0 Å². The van der Waals surface area contributed by atoms with Crippen LogP contribution in [-0.2, 0) is 4.74 Å². The van der Waals surface area contributed by atoms with Gasteiger partial charge in [-0.15, -0.1) is 0 Å². The lowest BCUT2D eigenvalue weighted by Gasteiger charge is -2.20. The first kappa shape index (κ1) is 19.2. The van der Waals surface area contributed by atoms with E-state index in [0.717, 1.165) is 45.2 Å². The van der Waals surface area contributed by atoms with E-state index in [1.807, 2.05) is 7.05 Å². The van der Waals surface area contributed by atoms with E-state index in [1.165, 1.54) is 38.8 Å². The minimum absolute atomic E-state index is 0.710. The molecule has 0 aromatic heterocycles. The second-order valence-electron chi connectivity index (χ2n) is 6.48. The van der Waals surface area contributed by atoms with Gasteiger partial charge >= 0.3 is 0 Å². The monoisotopic (exact) mass is 312 g/mol. The van der Waals surface area contributed by atoms with Crippen LogP contribution in [0.25, 0.3) is 0 Å². The number of likely N-dealkylation sites (tertiary alicyclic amines) is 1. The first-order valence-corrected chi connectivity index (χ1v) is 8.97. The molecule has 0 saturated carbocycles. The van der Waals surface area contributed by atoms with Crippen molar-refractivity contribution in [2.75, 3.05) is 53.0 Å². The van der Waals surface area contributed by atoms with Gasteiger partial charge in [0.1, 0.15) is 0 Å². The van der Waals surface area contributed by atoms with Crippen molar-refractivity contribution in [3.63, 3.8) is 0 Å². The maximum Gasteiger partial charge on any atom is 0.191 e. The molecule has 0 aromatic carbocycles. The van der Waals surface area contributed by atoms with Gasteiger partial charge in [-0.1, -0.05) is 26.7 Å². The molecule has 0 spiro atoms. The van der Waals surface area contributed by atoms with Gasteiger partial charge in [-0.05, 0) is 38.3 Å². The van der Waals surface area contributed by atoms with Gasteiger partial charge < -0.3 is 20.3 Å². The number of rotatable bonds is 9. The number of guanidine groups is 1. The highest BCUT2D eigenvalue weighted by atomic mass is 16.5. The summed E-state index contributed by atoms with van der Waals surface area (Å²) in [5.74, 6) is 1.59. The smallest absolute Gasteiger partial charge is 0.191 e. The quantitative estimate of drug-likeness (QED) is 0.389. The Bertz CT molecular complexity index is 286. The fourth-order valence-electron chi connectivity index (χ4n) is 2.58. The summed E-state index contributed by atoms with van der Waals surface area (Å²) in [5, 5.41) is 6.69. The lowest BCUT2D eigenvalue weighted by atomic mass is 10.1. The summed E-state index contributed by atoms with van der Waals surface area (Å²) < 4.78 is 5.60. The summed E-state index contributed by atoms with van der Waals surface area (Å²) in [6, 6.07) is 0. The average molecular weight is 313 g/mol.